The Balaban J connectivity index is 1.70. The lowest BCUT2D eigenvalue weighted by Crippen LogP contribution is -2.32. The third-order valence-electron chi connectivity index (χ3n) is 3.18. The molecule has 1 aromatic carbocycles. The molecule has 1 amide bonds. The Morgan fingerprint density at radius 3 is 3.11 bits per heavy atom. The molecule has 18 heavy (non-hydrogen) atoms. The molecule has 0 aromatic heterocycles. The monoisotopic (exact) mass is 248 g/mol. The topological polar surface area (TPSA) is 50.8 Å². The van der Waals surface area contributed by atoms with Crippen LogP contribution in [0.2, 0.25) is 0 Å². The molecule has 2 heterocycles. The number of amides is 1. The molecule has 1 N–H and O–H groups in total. The lowest BCUT2D eigenvalue weighted by atomic mass is 10.2. The highest BCUT2D eigenvalue weighted by atomic mass is 16.7. The lowest BCUT2D eigenvalue weighted by Gasteiger charge is -2.18. The summed E-state index contributed by atoms with van der Waals surface area (Å²) in [7, 11) is 0. The lowest BCUT2D eigenvalue weighted by molar-refractivity contribution is -0.121. The minimum atomic E-state index is 0.105. The van der Waals surface area contributed by atoms with Gasteiger partial charge in [0.1, 0.15) is 0 Å². The zero-order valence-electron chi connectivity index (χ0n) is 10.1. The molecular weight excluding hydrogens is 232 g/mol. The Hall–Kier alpha value is -1.75. The number of rotatable bonds is 2. The molecule has 1 saturated heterocycles. The summed E-state index contributed by atoms with van der Waals surface area (Å²) in [6.45, 7) is 3.24. The summed E-state index contributed by atoms with van der Waals surface area (Å²) in [6.07, 6.45) is 0.996. The second-order valence-electron chi connectivity index (χ2n) is 4.60. The minimum Gasteiger partial charge on any atom is -0.454 e. The average Bonchev–Trinajstić information content (AvgIpc) is 2.72. The third-order valence-corrected chi connectivity index (χ3v) is 3.18. The molecule has 5 heteroatoms. The van der Waals surface area contributed by atoms with Crippen molar-refractivity contribution in [2.24, 2.45) is 0 Å². The molecule has 96 valence electrons. The molecular formula is C13H16N2O3. The van der Waals surface area contributed by atoms with E-state index in [-0.39, 0.29) is 5.91 Å². The summed E-state index contributed by atoms with van der Waals surface area (Å²) in [4.78, 5) is 13.6. The first-order chi connectivity index (χ1) is 8.81. The van der Waals surface area contributed by atoms with Crippen LogP contribution in [0.3, 0.4) is 0 Å². The summed E-state index contributed by atoms with van der Waals surface area (Å²) in [5.74, 6) is 1.70. The van der Waals surface area contributed by atoms with Crippen molar-refractivity contribution in [2.75, 3.05) is 26.4 Å². The SMILES string of the molecule is O=C1CN(Cc2ccc3c(c2)OCO3)CCCN1. The van der Waals surface area contributed by atoms with Crippen molar-refractivity contribution in [3.05, 3.63) is 23.8 Å². The highest BCUT2D eigenvalue weighted by Crippen LogP contribution is 2.32. The van der Waals surface area contributed by atoms with Gasteiger partial charge in [-0.25, -0.2) is 0 Å². The Labute approximate surface area is 106 Å². The summed E-state index contributed by atoms with van der Waals surface area (Å²) in [5, 5.41) is 2.88. The van der Waals surface area contributed by atoms with Crippen LogP contribution in [0, 0.1) is 0 Å². The number of ether oxygens (including phenoxy) is 2. The molecule has 0 aliphatic carbocycles. The van der Waals surface area contributed by atoms with Crippen molar-refractivity contribution in [2.45, 2.75) is 13.0 Å². The molecule has 5 nitrogen and oxygen atoms in total. The van der Waals surface area contributed by atoms with Gasteiger partial charge in [0.2, 0.25) is 12.7 Å². The van der Waals surface area contributed by atoms with E-state index >= 15 is 0 Å². The number of carbonyl (C=O) groups is 1. The van der Waals surface area contributed by atoms with Gasteiger partial charge in [0.25, 0.3) is 0 Å². The van der Waals surface area contributed by atoms with E-state index in [1.807, 2.05) is 18.2 Å². The molecule has 1 aromatic rings. The highest BCUT2D eigenvalue weighted by molar-refractivity contribution is 5.78. The van der Waals surface area contributed by atoms with E-state index in [2.05, 4.69) is 10.2 Å². The predicted molar refractivity (Wildman–Crippen MR) is 65.5 cm³/mol. The Kier molecular flexibility index (Phi) is 3.06. The van der Waals surface area contributed by atoms with E-state index in [1.165, 1.54) is 0 Å². The van der Waals surface area contributed by atoms with Crippen molar-refractivity contribution in [1.29, 1.82) is 0 Å². The number of nitrogens with zero attached hydrogens (tertiary/aromatic N) is 1. The fourth-order valence-electron chi connectivity index (χ4n) is 2.30. The first kappa shape index (κ1) is 11.3. The van der Waals surface area contributed by atoms with Crippen LogP contribution in [0.25, 0.3) is 0 Å². The molecule has 0 bridgehead atoms. The van der Waals surface area contributed by atoms with Gasteiger partial charge in [-0.15, -0.1) is 0 Å². The van der Waals surface area contributed by atoms with Crippen molar-refractivity contribution in [3.8, 4) is 11.5 Å². The van der Waals surface area contributed by atoms with Gasteiger partial charge in [-0.3, -0.25) is 9.69 Å². The maximum Gasteiger partial charge on any atom is 0.234 e. The van der Waals surface area contributed by atoms with Gasteiger partial charge in [-0.05, 0) is 24.1 Å². The molecule has 0 unspecified atom stereocenters. The summed E-state index contributed by atoms with van der Waals surface area (Å²) in [6, 6.07) is 5.94. The third kappa shape index (κ3) is 2.41. The number of nitrogens with one attached hydrogen (secondary N) is 1. The van der Waals surface area contributed by atoms with Gasteiger partial charge in [-0.2, -0.15) is 0 Å². The van der Waals surface area contributed by atoms with Crippen LogP contribution >= 0.6 is 0 Å². The van der Waals surface area contributed by atoms with E-state index in [1.54, 1.807) is 0 Å². The maximum atomic E-state index is 11.5. The van der Waals surface area contributed by atoms with Crippen LogP contribution in [0.1, 0.15) is 12.0 Å². The zero-order chi connectivity index (χ0) is 12.4. The second kappa shape index (κ2) is 4.86. The first-order valence-electron chi connectivity index (χ1n) is 6.19. The normalized spacial score (nSPS) is 19.4. The average molecular weight is 248 g/mol. The maximum absolute atomic E-state index is 11.5. The van der Waals surface area contributed by atoms with Gasteiger partial charge < -0.3 is 14.8 Å². The summed E-state index contributed by atoms with van der Waals surface area (Å²) < 4.78 is 10.6. The van der Waals surface area contributed by atoms with Gasteiger partial charge in [-0.1, -0.05) is 6.07 Å². The minimum absolute atomic E-state index is 0.105. The molecule has 2 aliphatic rings. The van der Waals surface area contributed by atoms with E-state index < -0.39 is 0 Å². The number of fused-ring (bicyclic) bond motifs is 1. The largest absolute Gasteiger partial charge is 0.454 e. The van der Waals surface area contributed by atoms with Crippen LogP contribution in [0.15, 0.2) is 18.2 Å². The van der Waals surface area contributed by atoms with Crippen molar-refractivity contribution < 1.29 is 14.3 Å². The Morgan fingerprint density at radius 2 is 2.17 bits per heavy atom. The van der Waals surface area contributed by atoms with Crippen LogP contribution in [-0.4, -0.2) is 37.2 Å². The fraction of sp³-hybridized carbons (Fsp3) is 0.462. The molecule has 1 fully saturated rings. The van der Waals surface area contributed by atoms with Crippen LogP contribution in [0.5, 0.6) is 11.5 Å². The predicted octanol–water partition coefficient (Wildman–Crippen LogP) is 0.737. The molecule has 3 rings (SSSR count). The number of carbonyl (C=O) groups excluding carboxylic acids is 1. The van der Waals surface area contributed by atoms with Crippen molar-refractivity contribution in [3.63, 3.8) is 0 Å². The van der Waals surface area contributed by atoms with Gasteiger partial charge in [0.15, 0.2) is 11.5 Å². The molecule has 2 aliphatic heterocycles. The smallest absolute Gasteiger partial charge is 0.234 e. The Bertz CT molecular complexity index is 462. The van der Waals surface area contributed by atoms with Gasteiger partial charge in [0, 0.05) is 19.6 Å². The molecule has 0 radical (unpaired) electrons. The zero-order valence-corrected chi connectivity index (χ0v) is 10.1. The van der Waals surface area contributed by atoms with Crippen molar-refractivity contribution in [1.82, 2.24) is 10.2 Å². The standard InChI is InChI=1S/C13H16N2O3/c16-13-8-15(5-1-4-14-13)7-10-2-3-11-12(6-10)18-9-17-11/h2-3,6H,1,4-5,7-9H2,(H,14,16). The molecule has 0 saturated carbocycles. The van der Waals surface area contributed by atoms with E-state index in [0.29, 0.717) is 13.3 Å². The van der Waals surface area contributed by atoms with Crippen LogP contribution in [-0.2, 0) is 11.3 Å². The van der Waals surface area contributed by atoms with Crippen LogP contribution in [0.4, 0.5) is 0 Å². The van der Waals surface area contributed by atoms with E-state index in [0.717, 1.165) is 43.1 Å². The van der Waals surface area contributed by atoms with Crippen molar-refractivity contribution >= 4 is 5.91 Å². The van der Waals surface area contributed by atoms with Gasteiger partial charge >= 0.3 is 0 Å². The number of hydrogen-bond donors (Lipinski definition) is 1. The molecule has 0 atom stereocenters. The summed E-state index contributed by atoms with van der Waals surface area (Å²) >= 11 is 0. The summed E-state index contributed by atoms with van der Waals surface area (Å²) in [5.41, 5.74) is 1.15. The number of hydrogen-bond acceptors (Lipinski definition) is 4. The first-order valence-corrected chi connectivity index (χ1v) is 6.19. The Morgan fingerprint density at radius 1 is 1.28 bits per heavy atom. The fourth-order valence-corrected chi connectivity index (χ4v) is 2.30. The number of benzene rings is 1. The van der Waals surface area contributed by atoms with Gasteiger partial charge in [0.05, 0.1) is 6.54 Å². The highest BCUT2D eigenvalue weighted by Gasteiger charge is 2.17. The quantitative estimate of drug-likeness (QED) is 0.838. The van der Waals surface area contributed by atoms with Crippen LogP contribution < -0.4 is 14.8 Å². The molecule has 0 spiro atoms. The van der Waals surface area contributed by atoms with E-state index in [4.69, 9.17) is 9.47 Å². The second-order valence-corrected chi connectivity index (χ2v) is 4.60. The van der Waals surface area contributed by atoms with E-state index in [9.17, 15) is 4.79 Å².